The van der Waals surface area contributed by atoms with Crippen molar-refractivity contribution in [2.75, 3.05) is 13.2 Å². The Bertz CT molecular complexity index is 887. The van der Waals surface area contributed by atoms with Gasteiger partial charge in [0.05, 0.1) is 0 Å². The SMILES string of the molecule is CC(C)CNC(=O)C(C)N(Cc1ccc(Br)cc1)C(=O)COc1ccc(C(C)(C)C)cc1. The van der Waals surface area contributed by atoms with Gasteiger partial charge in [0, 0.05) is 17.6 Å². The summed E-state index contributed by atoms with van der Waals surface area (Å²) in [6.07, 6.45) is 0. The maximum atomic E-state index is 13.1. The third-order valence-electron chi connectivity index (χ3n) is 5.20. The Kier molecular flexibility index (Phi) is 9.32. The molecule has 1 N–H and O–H groups in total. The number of rotatable bonds is 9. The predicted octanol–water partition coefficient (Wildman–Crippen LogP) is 5.31. The van der Waals surface area contributed by atoms with E-state index in [4.69, 9.17) is 4.74 Å². The van der Waals surface area contributed by atoms with Crippen LogP contribution in [0, 0.1) is 5.92 Å². The fourth-order valence-electron chi connectivity index (χ4n) is 3.10. The average molecular weight is 503 g/mol. The van der Waals surface area contributed by atoms with Crippen LogP contribution in [0.15, 0.2) is 53.0 Å². The lowest BCUT2D eigenvalue weighted by atomic mass is 9.87. The zero-order chi connectivity index (χ0) is 23.9. The first kappa shape index (κ1) is 25.9. The van der Waals surface area contributed by atoms with Crippen LogP contribution in [-0.2, 0) is 21.5 Å². The van der Waals surface area contributed by atoms with Gasteiger partial charge in [-0.1, -0.05) is 74.8 Å². The quantitative estimate of drug-likeness (QED) is 0.504. The number of carbonyl (C=O) groups is 2. The van der Waals surface area contributed by atoms with Gasteiger partial charge < -0.3 is 15.0 Å². The normalized spacial score (nSPS) is 12.4. The molecule has 0 radical (unpaired) electrons. The number of halogens is 1. The number of hydrogen-bond acceptors (Lipinski definition) is 3. The van der Waals surface area contributed by atoms with Crippen LogP contribution in [0.4, 0.5) is 0 Å². The molecule has 1 atom stereocenters. The Labute approximate surface area is 200 Å². The van der Waals surface area contributed by atoms with Crippen LogP contribution in [-0.4, -0.2) is 35.9 Å². The van der Waals surface area contributed by atoms with E-state index in [1.165, 1.54) is 5.56 Å². The van der Waals surface area contributed by atoms with Crippen LogP contribution < -0.4 is 10.1 Å². The summed E-state index contributed by atoms with van der Waals surface area (Å²) >= 11 is 3.43. The largest absolute Gasteiger partial charge is 0.484 e. The number of hydrogen-bond donors (Lipinski definition) is 1. The van der Waals surface area contributed by atoms with Gasteiger partial charge in [-0.25, -0.2) is 0 Å². The maximum absolute atomic E-state index is 13.1. The van der Waals surface area contributed by atoms with E-state index < -0.39 is 6.04 Å². The molecule has 5 nitrogen and oxygen atoms in total. The highest BCUT2D eigenvalue weighted by Gasteiger charge is 2.26. The van der Waals surface area contributed by atoms with Crippen molar-refractivity contribution in [1.82, 2.24) is 10.2 Å². The van der Waals surface area contributed by atoms with Gasteiger partial charge in [0.2, 0.25) is 5.91 Å². The summed E-state index contributed by atoms with van der Waals surface area (Å²) in [5.41, 5.74) is 2.19. The number of carbonyl (C=O) groups excluding carboxylic acids is 2. The molecule has 0 spiro atoms. The van der Waals surface area contributed by atoms with Crippen LogP contribution in [0.5, 0.6) is 5.75 Å². The van der Waals surface area contributed by atoms with Crippen LogP contribution in [0.2, 0.25) is 0 Å². The minimum atomic E-state index is -0.614. The van der Waals surface area contributed by atoms with Crippen molar-refractivity contribution in [2.24, 2.45) is 5.92 Å². The van der Waals surface area contributed by atoms with Crippen LogP contribution in [0.25, 0.3) is 0 Å². The third kappa shape index (κ3) is 7.97. The van der Waals surface area contributed by atoms with Crippen molar-refractivity contribution < 1.29 is 14.3 Å². The zero-order valence-corrected chi connectivity index (χ0v) is 21.5. The van der Waals surface area contributed by atoms with Gasteiger partial charge in [-0.2, -0.15) is 0 Å². The van der Waals surface area contributed by atoms with Gasteiger partial charge in [0.15, 0.2) is 6.61 Å². The molecule has 2 rings (SSSR count). The number of benzene rings is 2. The van der Waals surface area contributed by atoms with E-state index in [9.17, 15) is 9.59 Å². The second-order valence-corrected chi connectivity index (χ2v) is 10.4. The average Bonchev–Trinajstić information content (AvgIpc) is 2.74. The van der Waals surface area contributed by atoms with E-state index in [-0.39, 0.29) is 23.8 Å². The van der Waals surface area contributed by atoms with Gasteiger partial charge in [-0.15, -0.1) is 0 Å². The van der Waals surface area contributed by atoms with Gasteiger partial charge in [-0.3, -0.25) is 9.59 Å². The maximum Gasteiger partial charge on any atom is 0.261 e. The molecule has 0 aliphatic rings. The van der Waals surface area contributed by atoms with Crippen molar-refractivity contribution in [3.05, 3.63) is 64.1 Å². The molecule has 0 fully saturated rings. The van der Waals surface area contributed by atoms with Crippen molar-refractivity contribution in [3.8, 4) is 5.75 Å². The first-order valence-corrected chi connectivity index (χ1v) is 11.8. The number of nitrogens with one attached hydrogen (secondary N) is 1. The molecule has 1 unspecified atom stereocenters. The summed E-state index contributed by atoms with van der Waals surface area (Å²) in [5.74, 6) is 0.562. The van der Waals surface area contributed by atoms with E-state index in [1.54, 1.807) is 11.8 Å². The third-order valence-corrected chi connectivity index (χ3v) is 5.73. The Balaban J connectivity index is 2.11. The molecule has 0 bridgehead atoms. The monoisotopic (exact) mass is 502 g/mol. The van der Waals surface area contributed by atoms with E-state index in [0.717, 1.165) is 10.0 Å². The molecule has 2 amide bonds. The van der Waals surface area contributed by atoms with Gasteiger partial charge in [0.25, 0.3) is 5.91 Å². The lowest BCUT2D eigenvalue weighted by molar-refractivity contribution is -0.142. The van der Waals surface area contributed by atoms with Crippen LogP contribution in [0.3, 0.4) is 0 Å². The summed E-state index contributed by atoms with van der Waals surface area (Å²) in [6.45, 7) is 13.0. The summed E-state index contributed by atoms with van der Waals surface area (Å²) in [5, 5.41) is 2.93. The van der Waals surface area contributed by atoms with E-state index >= 15 is 0 Å². The van der Waals surface area contributed by atoms with Crippen molar-refractivity contribution in [1.29, 1.82) is 0 Å². The Morgan fingerprint density at radius 1 is 1.00 bits per heavy atom. The molecule has 0 aromatic heterocycles. The van der Waals surface area contributed by atoms with Gasteiger partial charge in [0.1, 0.15) is 11.8 Å². The molecule has 2 aromatic rings. The van der Waals surface area contributed by atoms with E-state index in [1.807, 2.05) is 62.4 Å². The smallest absolute Gasteiger partial charge is 0.261 e. The van der Waals surface area contributed by atoms with Gasteiger partial charge >= 0.3 is 0 Å². The van der Waals surface area contributed by atoms with E-state index in [0.29, 0.717) is 24.8 Å². The Hall–Kier alpha value is -2.34. The highest BCUT2D eigenvalue weighted by atomic mass is 79.9. The van der Waals surface area contributed by atoms with Crippen molar-refractivity contribution in [3.63, 3.8) is 0 Å². The van der Waals surface area contributed by atoms with Crippen LogP contribution in [0.1, 0.15) is 52.7 Å². The number of amides is 2. The minimum absolute atomic E-state index is 0.0502. The Morgan fingerprint density at radius 3 is 2.12 bits per heavy atom. The fraction of sp³-hybridized carbons (Fsp3) is 0.462. The second kappa shape index (κ2) is 11.5. The molecular formula is C26H35BrN2O3. The summed E-state index contributed by atoms with van der Waals surface area (Å²) in [7, 11) is 0. The predicted molar refractivity (Wildman–Crippen MR) is 133 cm³/mol. The molecule has 0 aliphatic heterocycles. The van der Waals surface area contributed by atoms with E-state index in [2.05, 4.69) is 42.0 Å². The molecule has 32 heavy (non-hydrogen) atoms. The highest BCUT2D eigenvalue weighted by Crippen LogP contribution is 2.24. The minimum Gasteiger partial charge on any atom is -0.484 e. The molecular weight excluding hydrogens is 468 g/mol. The molecule has 2 aromatic carbocycles. The first-order valence-electron chi connectivity index (χ1n) is 11.0. The van der Waals surface area contributed by atoms with Crippen molar-refractivity contribution >= 4 is 27.7 Å². The summed E-state index contributed by atoms with van der Waals surface area (Å²) in [6, 6.07) is 14.9. The standard InChI is InChI=1S/C26H35BrN2O3/c1-18(2)15-28-25(31)19(3)29(16-20-7-11-22(27)12-8-20)24(30)17-32-23-13-9-21(10-14-23)26(4,5)6/h7-14,18-19H,15-17H2,1-6H3,(H,28,31). The molecule has 0 aliphatic carbocycles. The highest BCUT2D eigenvalue weighted by molar-refractivity contribution is 9.10. The molecule has 174 valence electrons. The van der Waals surface area contributed by atoms with Gasteiger partial charge in [-0.05, 0) is 53.6 Å². The Morgan fingerprint density at radius 2 is 1.59 bits per heavy atom. The second-order valence-electron chi connectivity index (χ2n) is 9.53. The number of ether oxygens (including phenoxy) is 1. The molecule has 0 heterocycles. The number of nitrogens with zero attached hydrogens (tertiary/aromatic N) is 1. The molecule has 6 heteroatoms. The summed E-state index contributed by atoms with van der Waals surface area (Å²) in [4.78, 5) is 27.4. The zero-order valence-electron chi connectivity index (χ0n) is 19.9. The topological polar surface area (TPSA) is 58.6 Å². The lowest BCUT2D eigenvalue weighted by Crippen LogP contribution is -2.49. The molecule has 0 saturated carbocycles. The molecule has 0 saturated heterocycles. The lowest BCUT2D eigenvalue weighted by Gasteiger charge is -2.29. The fourth-order valence-corrected chi connectivity index (χ4v) is 3.37. The summed E-state index contributed by atoms with van der Waals surface area (Å²) < 4.78 is 6.73. The van der Waals surface area contributed by atoms with Crippen LogP contribution >= 0.6 is 15.9 Å². The first-order chi connectivity index (χ1) is 15.0. The van der Waals surface area contributed by atoms with Crippen molar-refractivity contribution in [2.45, 2.75) is 59.5 Å².